The standard InChI is InChI=1S/C19H33N5O2/c1-15-9-16(2)24(20-15)13-19(26)23-11-17(18(12-23)14-25)10-22-6-4-5-21(3)7-8-22/h9,17-18,25H,4-8,10-14H2,1-3H3/t17-,18-/m1/s1. The van der Waals surface area contributed by atoms with Gasteiger partial charge < -0.3 is 19.8 Å². The Kier molecular flexibility index (Phi) is 6.32. The monoisotopic (exact) mass is 363 g/mol. The lowest BCUT2D eigenvalue weighted by atomic mass is 9.96. The van der Waals surface area contributed by atoms with Gasteiger partial charge in [0.1, 0.15) is 6.54 Å². The van der Waals surface area contributed by atoms with Gasteiger partial charge in [0, 0.05) is 50.9 Å². The summed E-state index contributed by atoms with van der Waals surface area (Å²) in [5.74, 6) is 0.640. The Morgan fingerprint density at radius 2 is 1.96 bits per heavy atom. The van der Waals surface area contributed by atoms with Crippen molar-refractivity contribution in [2.45, 2.75) is 26.8 Å². The topological polar surface area (TPSA) is 64.8 Å². The van der Waals surface area contributed by atoms with Crippen molar-refractivity contribution in [2.24, 2.45) is 11.8 Å². The number of aliphatic hydroxyl groups excluding tert-OH is 1. The molecular weight excluding hydrogens is 330 g/mol. The zero-order valence-corrected chi connectivity index (χ0v) is 16.4. The Balaban J connectivity index is 1.57. The maximum Gasteiger partial charge on any atom is 0.244 e. The average molecular weight is 364 g/mol. The van der Waals surface area contributed by atoms with Crippen LogP contribution in [0.3, 0.4) is 0 Å². The van der Waals surface area contributed by atoms with Crippen LogP contribution >= 0.6 is 0 Å². The second kappa shape index (κ2) is 8.50. The van der Waals surface area contributed by atoms with Crippen LogP contribution in [0.15, 0.2) is 6.07 Å². The Morgan fingerprint density at radius 3 is 2.65 bits per heavy atom. The highest BCUT2D eigenvalue weighted by Gasteiger charge is 2.36. The molecule has 2 aliphatic rings. The molecule has 0 radical (unpaired) electrons. The van der Waals surface area contributed by atoms with Gasteiger partial charge in [-0.2, -0.15) is 5.10 Å². The van der Waals surface area contributed by atoms with E-state index in [0.29, 0.717) is 19.0 Å². The average Bonchev–Trinajstić information content (AvgIpc) is 3.07. The van der Waals surface area contributed by atoms with Gasteiger partial charge in [-0.05, 0) is 52.4 Å². The molecular formula is C19H33N5O2. The first-order chi connectivity index (χ1) is 12.5. The number of carbonyl (C=O) groups excluding carboxylic acids is 1. The van der Waals surface area contributed by atoms with Crippen molar-refractivity contribution >= 4 is 5.91 Å². The second-order valence-corrected chi connectivity index (χ2v) is 8.04. The van der Waals surface area contributed by atoms with Gasteiger partial charge in [-0.1, -0.05) is 0 Å². The molecule has 2 saturated heterocycles. The summed E-state index contributed by atoms with van der Waals surface area (Å²) < 4.78 is 1.78. The number of likely N-dealkylation sites (tertiary alicyclic amines) is 1. The van der Waals surface area contributed by atoms with Crippen LogP contribution in [-0.2, 0) is 11.3 Å². The van der Waals surface area contributed by atoms with Crippen LogP contribution in [0.2, 0.25) is 0 Å². The highest BCUT2D eigenvalue weighted by Crippen LogP contribution is 2.25. The number of carbonyl (C=O) groups is 1. The van der Waals surface area contributed by atoms with Crippen molar-refractivity contribution in [2.75, 3.05) is 59.5 Å². The summed E-state index contributed by atoms with van der Waals surface area (Å²) in [6, 6.07) is 1.99. The van der Waals surface area contributed by atoms with E-state index < -0.39 is 0 Å². The summed E-state index contributed by atoms with van der Waals surface area (Å²) in [6.07, 6.45) is 1.19. The largest absolute Gasteiger partial charge is 0.396 e. The molecule has 2 atom stereocenters. The number of aliphatic hydroxyl groups is 1. The first-order valence-electron chi connectivity index (χ1n) is 9.77. The molecule has 7 nitrogen and oxygen atoms in total. The summed E-state index contributed by atoms with van der Waals surface area (Å²) in [6.45, 7) is 11.2. The molecule has 1 aromatic rings. The highest BCUT2D eigenvalue weighted by molar-refractivity contribution is 5.76. The number of hydrogen-bond acceptors (Lipinski definition) is 5. The van der Waals surface area contributed by atoms with Crippen molar-refractivity contribution in [1.82, 2.24) is 24.5 Å². The van der Waals surface area contributed by atoms with Gasteiger partial charge in [0.05, 0.1) is 5.69 Å². The lowest BCUT2D eigenvalue weighted by Crippen LogP contribution is -2.37. The molecule has 0 unspecified atom stereocenters. The van der Waals surface area contributed by atoms with Crippen LogP contribution in [0.5, 0.6) is 0 Å². The van der Waals surface area contributed by atoms with Gasteiger partial charge in [0.15, 0.2) is 0 Å². The molecule has 2 aliphatic heterocycles. The number of likely N-dealkylation sites (N-methyl/N-ethyl adjacent to an activating group) is 1. The van der Waals surface area contributed by atoms with E-state index in [0.717, 1.165) is 50.7 Å². The molecule has 0 spiro atoms. The Labute approximate surface area is 156 Å². The van der Waals surface area contributed by atoms with Crippen molar-refractivity contribution in [3.8, 4) is 0 Å². The Morgan fingerprint density at radius 1 is 1.19 bits per heavy atom. The van der Waals surface area contributed by atoms with Crippen molar-refractivity contribution in [3.63, 3.8) is 0 Å². The predicted octanol–water partition coefficient (Wildman–Crippen LogP) is 0.204. The molecule has 7 heteroatoms. The van der Waals surface area contributed by atoms with E-state index in [1.807, 2.05) is 24.8 Å². The quantitative estimate of drug-likeness (QED) is 0.810. The molecule has 0 bridgehead atoms. The van der Waals surface area contributed by atoms with E-state index >= 15 is 0 Å². The minimum absolute atomic E-state index is 0.104. The van der Waals surface area contributed by atoms with Gasteiger partial charge in [-0.3, -0.25) is 9.48 Å². The summed E-state index contributed by atoms with van der Waals surface area (Å²) in [5.41, 5.74) is 1.95. The van der Waals surface area contributed by atoms with E-state index in [1.54, 1.807) is 4.68 Å². The molecule has 2 fully saturated rings. The lowest BCUT2D eigenvalue weighted by molar-refractivity contribution is -0.131. The van der Waals surface area contributed by atoms with Gasteiger partial charge in [-0.25, -0.2) is 0 Å². The fourth-order valence-corrected chi connectivity index (χ4v) is 4.23. The third-order valence-electron chi connectivity index (χ3n) is 5.86. The molecule has 0 aromatic carbocycles. The highest BCUT2D eigenvalue weighted by atomic mass is 16.3. The maximum atomic E-state index is 12.7. The van der Waals surface area contributed by atoms with Gasteiger partial charge >= 0.3 is 0 Å². The number of aromatic nitrogens is 2. The normalized spacial score (nSPS) is 25.6. The first kappa shape index (κ1) is 19.3. The fraction of sp³-hybridized carbons (Fsp3) is 0.789. The van der Waals surface area contributed by atoms with Crippen LogP contribution < -0.4 is 0 Å². The van der Waals surface area contributed by atoms with E-state index in [1.165, 1.54) is 6.42 Å². The number of nitrogens with zero attached hydrogens (tertiary/aromatic N) is 5. The SMILES string of the molecule is Cc1cc(C)n(CC(=O)N2C[C@@H](CN3CCCN(C)CC3)[C@@H](CO)C2)n1. The zero-order valence-electron chi connectivity index (χ0n) is 16.4. The summed E-state index contributed by atoms with van der Waals surface area (Å²) in [7, 11) is 2.18. The molecule has 3 rings (SSSR count). The third kappa shape index (κ3) is 4.64. The first-order valence-corrected chi connectivity index (χ1v) is 9.77. The third-order valence-corrected chi connectivity index (χ3v) is 5.86. The molecule has 0 aliphatic carbocycles. The zero-order chi connectivity index (χ0) is 18.7. The predicted molar refractivity (Wildman–Crippen MR) is 101 cm³/mol. The van der Waals surface area contributed by atoms with E-state index in [-0.39, 0.29) is 18.4 Å². The van der Waals surface area contributed by atoms with Gasteiger partial charge in [0.25, 0.3) is 0 Å². The fourth-order valence-electron chi connectivity index (χ4n) is 4.23. The van der Waals surface area contributed by atoms with E-state index in [9.17, 15) is 9.90 Å². The summed E-state index contributed by atoms with van der Waals surface area (Å²) in [5, 5.41) is 14.2. The Bertz CT molecular complexity index is 617. The second-order valence-electron chi connectivity index (χ2n) is 8.04. The van der Waals surface area contributed by atoms with Crippen LogP contribution in [0, 0.1) is 25.7 Å². The molecule has 1 amide bonds. The van der Waals surface area contributed by atoms with Crippen molar-refractivity contribution in [1.29, 1.82) is 0 Å². The lowest BCUT2D eigenvalue weighted by Gasteiger charge is -2.26. The maximum absolute atomic E-state index is 12.7. The van der Waals surface area contributed by atoms with Crippen LogP contribution in [0.4, 0.5) is 0 Å². The number of aryl methyl sites for hydroxylation is 2. The number of rotatable bonds is 5. The number of hydrogen-bond donors (Lipinski definition) is 1. The van der Waals surface area contributed by atoms with E-state index in [4.69, 9.17) is 0 Å². The summed E-state index contributed by atoms with van der Waals surface area (Å²) in [4.78, 5) is 19.5. The number of amides is 1. The van der Waals surface area contributed by atoms with Gasteiger partial charge in [0.2, 0.25) is 5.91 Å². The summed E-state index contributed by atoms with van der Waals surface area (Å²) >= 11 is 0. The molecule has 146 valence electrons. The molecule has 3 heterocycles. The van der Waals surface area contributed by atoms with Crippen LogP contribution in [0.1, 0.15) is 17.8 Å². The van der Waals surface area contributed by atoms with Crippen LogP contribution in [0.25, 0.3) is 0 Å². The Hall–Kier alpha value is -1.44. The van der Waals surface area contributed by atoms with Crippen molar-refractivity contribution < 1.29 is 9.90 Å². The van der Waals surface area contributed by atoms with Crippen molar-refractivity contribution in [3.05, 3.63) is 17.5 Å². The smallest absolute Gasteiger partial charge is 0.244 e. The molecule has 1 aromatic heterocycles. The minimum atomic E-state index is 0.104. The van der Waals surface area contributed by atoms with Crippen LogP contribution in [-0.4, -0.2) is 95.0 Å². The molecule has 0 saturated carbocycles. The van der Waals surface area contributed by atoms with E-state index in [2.05, 4.69) is 21.9 Å². The molecule has 1 N–H and O–H groups in total. The molecule has 26 heavy (non-hydrogen) atoms. The minimum Gasteiger partial charge on any atom is -0.396 e. The van der Waals surface area contributed by atoms with Gasteiger partial charge in [-0.15, -0.1) is 0 Å².